The highest BCUT2D eigenvalue weighted by molar-refractivity contribution is 5.87. The zero-order chi connectivity index (χ0) is 13.9. The van der Waals surface area contributed by atoms with E-state index in [0.29, 0.717) is 0 Å². The van der Waals surface area contributed by atoms with Crippen LogP contribution in [0.3, 0.4) is 0 Å². The van der Waals surface area contributed by atoms with Crippen molar-refractivity contribution < 1.29 is 14.3 Å². The first-order valence-corrected chi connectivity index (χ1v) is 6.72. The summed E-state index contributed by atoms with van der Waals surface area (Å²) in [5, 5.41) is 0. The Hall–Kier alpha value is -1.61. The molecule has 1 unspecified atom stereocenters. The number of rotatable bonds is 8. The van der Waals surface area contributed by atoms with E-state index < -0.39 is 6.29 Å². The molecule has 0 saturated carbocycles. The van der Waals surface area contributed by atoms with Crippen LogP contribution in [0.15, 0.2) is 36.4 Å². The Morgan fingerprint density at radius 2 is 2.00 bits per heavy atom. The fourth-order valence-electron chi connectivity index (χ4n) is 1.68. The average Bonchev–Trinajstić information content (AvgIpc) is 2.45. The van der Waals surface area contributed by atoms with Crippen molar-refractivity contribution >= 4 is 12.0 Å². The molecule has 3 heteroatoms. The van der Waals surface area contributed by atoms with Gasteiger partial charge in [-0.05, 0) is 18.1 Å². The van der Waals surface area contributed by atoms with E-state index in [2.05, 4.69) is 6.92 Å². The van der Waals surface area contributed by atoms with Crippen LogP contribution in [0.1, 0.15) is 38.2 Å². The highest BCUT2D eigenvalue weighted by atomic mass is 16.7. The summed E-state index contributed by atoms with van der Waals surface area (Å²) >= 11 is 0. The minimum absolute atomic E-state index is 0.368. The van der Waals surface area contributed by atoms with Gasteiger partial charge < -0.3 is 9.47 Å². The van der Waals surface area contributed by atoms with Crippen molar-refractivity contribution in [2.45, 2.75) is 38.9 Å². The molecule has 1 aromatic rings. The van der Waals surface area contributed by atoms with Gasteiger partial charge in [-0.25, -0.2) is 4.79 Å². The minimum atomic E-state index is -0.445. The summed E-state index contributed by atoms with van der Waals surface area (Å²) in [6.45, 7) is 2.14. The molecule has 104 valence electrons. The summed E-state index contributed by atoms with van der Waals surface area (Å²) < 4.78 is 10.4. The second kappa shape index (κ2) is 9.34. The third-order valence-electron chi connectivity index (χ3n) is 2.77. The lowest BCUT2D eigenvalue weighted by molar-refractivity contribution is -0.168. The van der Waals surface area contributed by atoms with Crippen LogP contribution in [0, 0.1) is 0 Å². The number of unbranched alkanes of at least 4 members (excludes halogenated alkanes) is 2. The van der Waals surface area contributed by atoms with Gasteiger partial charge in [0.1, 0.15) is 0 Å². The number of carbonyl (C=O) groups excluding carboxylic acids is 1. The van der Waals surface area contributed by atoms with Crippen LogP contribution in [-0.4, -0.2) is 19.4 Å². The Morgan fingerprint density at radius 3 is 2.63 bits per heavy atom. The Morgan fingerprint density at radius 1 is 1.26 bits per heavy atom. The molecule has 0 aliphatic carbocycles. The molecular formula is C16H22O3. The Bertz CT molecular complexity index is 384. The molecular weight excluding hydrogens is 240 g/mol. The second-order valence-electron chi connectivity index (χ2n) is 4.34. The molecule has 0 heterocycles. The number of benzene rings is 1. The van der Waals surface area contributed by atoms with Crippen molar-refractivity contribution in [1.29, 1.82) is 0 Å². The molecule has 0 spiro atoms. The summed E-state index contributed by atoms with van der Waals surface area (Å²) in [4.78, 5) is 11.6. The number of ether oxygens (including phenoxy) is 2. The number of hydrogen-bond acceptors (Lipinski definition) is 3. The van der Waals surface area contributed by atoms with Gasteiger partial charge in [0.05, 0.1) is 0 Å². The van der Waals surface area contributed by atoms with Crippen molar-refractivity contribution in [1.82, 2.24) is 0 Å². The quantitative estimate of drug-likeness (QED) is 0.309. The third-order valence-corrected chi connectivity index (χ3v) is 2.77. The van der Waals surface area contributed by atoms with Gasteiger partial charge in [0, 0.05) is 19.6 Å². The molecule has 0 radical (unpaired) electrons. The molecule has 1 aromatic carbocycles. The normalized spacial score (nSPS) is 12.5. The number of carbonyl (C=O) groups is 1. The second-order valence-corrected chi connectivity index (χ2v) is 4.34. The van der Waals surface area contributed by atoms with E-state index in [1.807, 2.05) is 30.3 Å². The van der Waals surface area contributed by atoms with Crippen molar-refractivity contribution in [3.05, 3.63) is 42.0 Å². The fraction of sp³-hybridized carbons (Fsp3) is 0.438. The van der Waals surface area contributed by atoms with Crippen molar-refractivity contribution in [3.63, 3.8) is 0 Å². The lowest BCUT2D eigenvalue weighted by atomic mass is 10.2. The third kappa shape index (κ3) is 6.77. The minimum Gasteiger partial charge on any atom is -0.433 e. The van der Waals surface area contributed by atoms with E-state index in [9.17, 15) is 4.79 Å². The summed E-state index contributed by atoms with van der Waals surface area (Å²) in [5.41, 5.74) is 0.972. The van der Waals surface area contributed by atoms with Gasteiger partial charge in [-0.1, -0.05) is 50.1 Å². The van der Waals surface area contributed by atoms with Crippen LogP contribution in [0.2, 0.25) is 0 Å². The first kappa shape index (κ1) is 15.4. The van der Waals surface area contributed by atoms with Crippen molar-refractivity contribution in [2.75, 3.05) is 7.11 Å². The smallest absolute Gasteiger partial charge is 0.333 e. The Kier molecular flexibility index (Phi) is 7.59. The van der Waals surface area contributed by atoms with E-state index in [0.717, 1.165) is 31.2 Å². The highest BCUT2D eigenvalue weighted by Crippen LogP contribution is 2.08. The number of hydrogen-bond donors (Lipinski definition) is 0. The van der Waals surface area contributed by atoms with Crippen LogP contribution >= 0.6 is 0 Å². The van der Waals surface area contributed by atoms with E-state index in [4.69, 9.17) is 9.47 Å². The Labute approximate surface area is 115 Å². The maximum absolute atomic E-state index is 11.6. The van der Waals surface area contributed by atoms with Gasteiger partial charge in [0.2, 0.25) is 6.29 Å². The van der Waals surface area contributed by atoms with Gasteiger partial charge >= 0.3 is 5.97 Å². The van der Waals surface area contributed by atoms with Crippen LogP contribution in [0.25, 0.3) is 6.08 Å². The van der Waals surface area contributed by atoms with Crippen LogP contribution < -0.4 is 0 Å². The fourth-order valence-corrected chi connectivity index (χ4v) is 1.68. The average molecular weight is 262 g/mol. The topological polar surface area (TPSA) is 35.5 Å². The van der Waals surface area contributed by atoms with Crippen molar-refractivity contribution in [3.8, 4) is 0 Å². The Balaban J connectivity index is 2.38. The molecule has 0 saturated heterocycles. The molecule has 0 aromatic heterocycles. The lowest BCUT2D eigenvalue weighted by Gasteiger charge is -2.14. The summed E-state index contributed by atoms with van der Waals surface area (Å²) in [5.74, 6) is -0.368. The van der Waals surface area contributed by atoms with Crippen LogP contribution in [0.4, 0.5) is 0 Å². The zero-order valence-corrected chi connectivity index (χ0v) is 11.7. The van der Waals surface area contributed by atoms with E-state index >= 15 is 0 Å². The maximum atomic E-state index is 11.6. The number of methoxy groups -OCH3 is 1. The SMILES string of the molecule is CCCCCC(OC)OC(=O)C=Cc1ccccc1. The molecule has 0 aliphatic heterocycles. The molecule has 1 atom stereocenters. The van der Waals surface area contributed by atoms with Gasteiger partial charge in [-0.2, -0.15) is 0 Å². The molecule has 0 aliphatic rings. The van der Waals surface area contributed by atoms with Gasteiger partial charge in [-0.3, -0.25) is 0 Å². The first-order chi connectivity index (χ1) is 9.26. The van der Waals surface area contributed by atoms with Crippen LogP contribution in [0.5, 0.6) is 0 Å². The van der Waals surface area contributed by atoms with Crippen molar-refractivity contribution in [2.24, 2.45) is 0 Å². The van der Waals surface area contributed by atoms with Gasteiger partial charge in [0.15, 0.2) is 0 Å². The predicted octanol–water partition coefficient (Wildman–Crippen LogP) is 3.80. The molecule has 0 bridgehead atoms. The standard InChI is InChI=1S/C16H22O3/c1-3-4-6-11-16(18-2)19-15(17)13-12-14-9-7-5-8-10-14/h5,7-10,12-13,16H,3-4,6,11H2,1-2H3. The monoisotopic (exact) mass is 262 g/mol. The van der Waals surface area contributed by atoms with Gasteiger partial charge in [0.25, 0.3) is 0 Å². The highest BCUT2D eigenvalue weighted by Gasteiger charge is 2.10. The molecule has 0 amide bonds. The first-order valence-electron chi connectivity index (χ1n) is 6.72. The predicted molar refractivity (Wildman–Crippen MR) is 76.5 cm³/mol. The lowest BCUT2D eigenvalue weighted by Crippen LogP contribution is -2.18. The molecule has 0 N–H and O–H groups in total. The molecule has 0 fully saturated rings. The van der Waals surface area contributed by atoms with Gasteiger partial charge in [-0.15, -0.1) is 0 Å². The largest absolute Gasteiger partial charge is 0.433 e. The molecule has 19 heavy (non-hydrogen) atoms. The van der Waals surface area contributed by atoms with Crippen LogP contribution in [-0.2, 0) is 14.3 Å². The molecule has 1 rings (SSSR count). The molecule has 3 nitrogen and oxygen atoms in total. The summed E-state index contributed by atoms with van der Waals surface area (Å²) in [7, 11) is 1.56. The van der Waals surface area contributed by atoms with E-state index in [1.165, 1.54) is 6.08 Å². The zero-order valence-electron chi connectivity index (χ0n) is 11.7. The number of esters is 1. The summed E-state index contributed by atoms with van der Waals surface area (Å²) in [6.07, 6.45) is 6.73. The summed E-state index contributed by atoms with van der Waals surface area (Å²) in [6, 6.07) is 9.64. The van der Waals surface area contributed by atoms with E-state index in [-0.39, 0.29) is 5.97 Å². The van der Waals surface area contributed by atoms with E-state index in [1.54, 1.807) is 13.2 Å². The maximum Gasteiger partial charge on any atom is 0.333 e.